The van der Waals surface area contributed by atoms with Crippen molar-refractivity contribution in [1.82, 2.24) is 5.43 Å². The van der Waals surface area contributed by atoms with Crippen LogP contribution in [0.15, 0.2) is 107 Å². The Morgan fingerprint density at radius 2 is 1.46 bits per heavy atom. The highest BCUT2D eigenvalue weighted by Gasteiger charge is 2.10. The monoisotopic (exact) mass is 556 g/mol. The van der Waals surface area contributed by atoms with Crippen LogP contribution in [-0.4, -0.2) is 18.7 Å². The molecule has 5 nitrogen and oxygen atoms in total. The van der Waals surface area contributed by atoms with Crippen LogP contribution in [0.1, 0.15) is 11.1 Å². The zero-order chi connectivity index (χ0) is 25.6. The van der Waals surface area contributed by atoms with Crippen LogP contribution in [0.2, 0.25) is 0 Å². The van der Waals surface area contributed by atoms with Gasteiger partial charge >= 0.3 is 0 Å². The largest absolute Gasteiger partial charge is 0.488 e. The van der Waals surface area contributed by atoms with Crippen molar-refractivity contribution in [1.29, 1.82) is 0 Å². The summed E-state index contributed by atoms with van der Waals surface area (Å²) in [6.45, 7) is 0.0675. The third kappa shape index (κ3) is 5.78. The molecule has 0 spiro atoms. The Hall–Kier alpha value is -4.23. The van der Waals surface area contributed by atoms with Gasteiger partial charge in [0, 0.05) is 5.56 Å². The average molecular weight is 557 g/mol. The first-order valence-corrected chi connectivity index (χ1v) is 12.4. The second kappa shape index (κ2) is 11.2. The Morgan fingerprint density at radius 3 is 2.22 bits per heavy atom. The smallest absolute Gasteiger partial charge is 0.277 e. The van der Waals surface area contributed by atoms with Crippen molar-refractivity contribution in [3.05, 3.63) is 118 Å². The van der Waals surface area contributed by atoms with Crippen LogP contribution in [0, 0.1) is 5.82 Å². The maximum Gasteiger partial charge on any atom is 0.277 e. The number of halogens is 2. The second-order valence-corrected chi connectivity index (χ2v) is 9.09. The van der Waals surface area contributed by atoms with Gasteiger partial charge in [0.05, 0.1) is 10.7 Å². The lowest BCUT2D eigenvalue weighted by Crippen LogP contribution is -2.24. The van der Waals surface area contributed by atoms with E-state index in [1.807, 2.05) is 72.8 Å². The second-order valence-electron chi connectivity index (χ2n) is 8.29. The molecule has 1 N–H and O–H groups in total. The van der Waals surface area contributed by atoms with E-state index in [4.69, 9.17) is 9.47 Å². The molecule has 5 rings (SSSR count). The summed E-state index contributed by atoms with van der Waals surface area (Å²) in [7, 11) is 0. The Bertz CT molecular complexity index is 1600. The Kier molecular flexibility index (Phi) is 7.42. The van der Waals surface area contributed by atoms with Gasteiger partial charge in [-0.1, -0.05) is 72.8 Å². The fourth-order valence-corrected chi connectivity index (χ4v) is 4.55. The van der Waals surface area contributed by atoms with Crippen molar-refractivity contribution >= 4 is 49.6 Å². The summed E-state index contributed by atoms with van der Waals surface area (Å²) < 4.78 is 25.8. The predicted molar refractivity (Wildman–Crippen MR) is 148 cm³/mol. The highest BCUT2D eigenvalue weighted by molar-refractivity contribution is 9.10. The molecule has 0 bridgehead atoms. The van der Waals surface area contributed by atoms with E-state index >= 15 is 0 Å². The van der Waals surface area contributed by atoms with Crippen LogP contribution in [0.3, 0.4) is 0 Å². The third-order valence-corrected chi connectivity index (χ3v) is 6.63. The predicted octanol–water partition coefficient (Wildman–Crippen LogP) is 7.00. The number of amides is 1. The summed E-state index contributed by atoms with van der Waals surface area (Å²) in [6, 6.07) is 29.5. The number of nitrogens with zero attached hydrogens (tertiary/aromatic N) is 1. The highest BCUT2D eigenvalue weighted by atomic mass is 79.9. The number of carbonyl (C=O) groups excluding carboxylic acids is 1. The van der Waals surface area contributed by atoms with Gasteiger partial charge in [-0.2, -0.15) is 5.10 Å². The summed E-state index contributed by atoms with van der Waals surface area (Å²) in [5, 5.41) is 8.17. The molecule has 1 amide bonds. The van der Waals surface area contributed by atoms with E-state index in [0.29, 0.717) is 11.5 Å². The molecule has 0 radical (unpaired) electrons. The molecule has 0 saturated carbocycles. The minimum absolute atomic E-state index is 0.197. The topological polar surface area (TPSA) is 59.9 Å². The van der Waals surface area contributed by atoms with E-state index in [1.54, 1.807) is 18.3 Å². The van der Waals surface area contributed by atoms with Crippen LogP contribution in [-0.2, 0) is 11.4 Å². The number of hydrogen-bond acceptors (Lipinski definition) is 4. The van der Waals surface area contributed by atoms with E-state index in [1.165, 1.54) is 12.1 Å². The summed E-state index contributed by atoms with van der Waals surface area (Å²) in [4.78, 5) is 12.4. The van der Waals surface area contributed by atoms with E-state index in [0.717, 1.165) is 37.1 Å². The quantitative estimate of drug-likeness (QED) is 0.165. The van der Waals surface area contributed by atoms with E-state index in [9.17, 15) is 9.18 Å². The van der Waals surface area contributed by atoms with Crippen LogP contribution in [0.5, 0.6) is 11.5 Å². The maximum atomic E-state index is 13.2. The molecule has 0 aliphatic heterocycles. The summed E-state index contributed by atoms with van der Waals surface area (Å²) in [6.07, 6.45) is 1.56. The van der Waals surface area contributed by atoms with Gasteiger partial charge in [-0.3, -0.25) is 4.79 Å². The van der Waals surface area contributed by atoms with Gasteiger partial charge < -0.3 is 9.47 Å². The minimum atomic E-state index is -0.398. The van der Waals surface area contributed by atoms with Gasteiger partial charge in [0.25, 0.3) is 5.91 Å². The zero-order valence-electron chi connectivity index (χ0n) is 19.7. The SMILES string of the molecule is O=C(COc1ccc2ccccc2c1Br)NN=Cc1c(OCc2ccc(F)cc2)ccc2ccccc12. The standard InChI is InChI=1S/C30H22BrFN2O3/c31-30-25-8-4-2-6-22(25)12-16-28(30)37-19-29(35)34-33-17-26-24-7-3-1-5-21(24)11-15-27(26)36-18-20-9-13-23(32)14-10-20/h1-17H,18-19H2,(H,34,35). The summed E-state index contributed by atoms with van der Waals surface area (Å²) in [5.41, 5.74) is 4.08. The molecule has 7 heteroatoms. The molecule has 0 aliphatic rings. The lowest BCUT2D eigenvalue weighted by molar-refractivity contribution is -0.123. The van der Waals surface area contributed by atoms with Crippen LogP contribution in [0.25, 0.3) is 21.5 Å². The highest BCUT2D eigenvalue weighted by Crippen LogP contribution is 2.33. The average Bonchev–Trinajstić information content (AvgIpc) is 2.93. The van der Waals surface area contributed by atoms with Gasteiger partial charge in [-0.25, -0.2) is 9.82 Å². The van der Waals surface area contributed by atoms with E-state index in [2.05, 4.69) is 26.5 Å². The summed E-state index contributed by atoms with van der Waals surface area (Å²) in [5.74, 6) is 0.473. The van der Waals surface area contributed by atoms with Crippen LogP contribution < -0.4 is 14.9 Å². The number of hydrazone groups is 1. The first kappa shape index (κ1) is 24.5. The number of fused-ring (bicyclic) bond motifs is 2. The molecule has 0 atom stereocenters. The Labute approximate surface area is 221 Å². The zero-order valence-corrected chi connectivity index (χ0v) is 21.2. The van der Waals surface area contributed by atoms with Crippen molar-refractivity contribution in [2.24, 2.45) is 5.10 Å². The fraction of sp³-hybridized carbons (Fsp3) is 0.0667. The Morgan fingerprint density at radius 1 is 0.811 bits per heavy atom. The number of ether oxygens (including phenoxy) is 2. The van der Waals surface area contributed by atoms with Gasteiger partial charge in [-0.05, 0) is 67.3 Å². The number of rotatable bonds is 8. The number of carbonyl (C=O) groups is 1. The first-order chi connectivity index (χ1) is 18.1. The molecule has 5 aromatic rings. The van der Waals surface area contributed by atoms with E-state index < -0.39 is 5.91 Å². The van der Waals surface area contributed by atoms with Gasteiger partial charge in [0.1, 0.15) is 23.9 Å². The van der Waals surface area contributed by atoms with Crippen LogP contribution >= 0.6 is 15.9 Å². The lowest BCUT2D eigenvalue weighted by Gasteiger charge is -2.12. The first-order valence-electron chi connectivity index (χ1n) is 11.6. The molecular weight excluding hydrogens is 535 g/mol. The fourth-order valence-electron chi connectivity index (χ4n) is 3.95. The van der Waals surface area contributed by atoms with Crippen molar-refractivity contribution in [3.8, 4) is 11.5 Å². The molecule has 0 fully saturated rings. The van der Waals surface area contributed by atoms with Gasteiger partial charge in [0.15, 0.2) is 6.61 Å². The normalized spacial score (nSPS) is 11.2. The Balaban J connectivity index is 1.28. The number of nitrogens with one attached hydrogen (secondary N) is 1. The van der Waals surface area contributed by atoms with Crippen molar-refractivity contribution < 1.29 is 18.7 Å². The van der Waals surface area contributed by atoms with Crippen molar-refractivity contribution in [3.63, 3.8) is 0 Å². The van der Waals surface area contributed by atoms with Crippen molar-refractivity contribution in [2.45, 2.75) is 6.61 Å². The number of benzene rings is 5. The molecule has 37 heavy (non-hydrogen) atoms. The third-order valence-electron chi connectivity index (χ3n) is 5.81. The molecule has 0 saturated heterocycles. The molecule has 0 aliphatic carbocycles. The molecular formula is C30H22BrFN2O3. The maximum absolute atomic E-state index is 13.2. The molecule has 0 unspecified atom stereocenters. The lowest BCUT2D eigenvalue weighted by atomic mass is 10.0. The van der Waals surface area contributed by atoms with Crippen molar-refractivity contribution in [2.75, 3.05) is 6.61 Å². The van der Waals surface area contributed by atoms with Gasteiger partial charge in [0.2, 0.25) is 0 Å². The minimum Gasteiger partial charge on any atom is -0.488 e. The number of hydrogen-bond donors (Lipinski definition) is 1. The summed E-state index contributed by atoms with van der Waals surface area (Å²) >= 11 is 3.56. The molecule has 184 valence electrons. The molecule has 5 aromatic carbocycles. The van der Waals surface area contributed by atoms with E-state index in [-0.39, 0.29) is 19.0 Å². The van der Waals surface area contributed by atoms with Gasteiger partial charge in [-0.15, -0.1) is 0 Å². The molecule has 0 aromatic heterocycles. The molecule has 0 heterocycles. The van der Waals surface area contributed by atoms with Crippen LogP contribution in [0.4, 0.5) is 4.39 Å².